The maximum absolute atomic E-state index is 5.71. The van der Waals surface area contributed by atoms with Gasteiger partial charge in [-0.2, -0.15) is 4.98 Å². The minimum absolute atomic E-state index is 0.211. The fourth-order valence-electron chi connectivity index (χ4n) is 5.24. The highest BCUT2D eigenvalue weighted by atomic mass is 16.5. The molecule has 3 fully saturated rings. The van der Waals surface area contributed by atoms with Crippen LogP contribution in [-0.4, -0.2) is 74.2 Å². The van der Waals surface area contributed by atoms with Crippen LogP contribution >= 0.6 is 0 Å². The van der Waals surface area contributed by atoms with Gasteiger partial charge in [0, 0.05) is 51.2 Å². The number of morpholine rings is 1. The van der Waals surface area contributed by atoms with Crippen molar-refractivity contribution in [3.8, 4) is 0 Å². The van der Waals surface area contributed by atoms with E-state index in [4.69, 9.17) is 14.0 Å². The first-order valence-corrected chi connectivity index (χ1v) is 10.1. The molecule has 146 valence electrons. The molecule has 7 nitrogen and oxygen atoms in total. The lowest BCUT2D eigenvalue weighted by atomic mass is 9.62. The summed E-state index contributed by atoms with van der Waals surface area (Å²) in [5.74, 6) is 2.18. The van der Waals surface area contributed by atoms with Gasteiger partial charge in [0.25, 0.3) is 5.95 Å². The summed E-state index contributed by atoms with van der Waals surface area (Å²) in [6, 6.07) is 0.706. The number of aryl methyl sites for hydroxylation is 1. The largest absolute Gasteiger partial charge is 0.384 e. The van der Waals surface area contributed by atoms with Crippen LogP contribution in [-0.2, 0) is 15.9 Å². The Hall–Kier alpha value is -1.18. The van der Waals surface area contributed by atoms with Crippen molar-refractivity contribution >= 4 is 5.95 Å². The van der Waals surface area contributed by atoms with E-state index < -0.39 is 0 Å². The fourth-order valence-corrected chi connectivity index (χ4v) is 5.24. The summed E-state index contributed by atoms with van der Waals surface area (Å²) in [4.78, 5) is 9.52. The highest BCUT2D eigenvalue weighted by Gasteiger charge is 2.48. The SMILES string of the molecule is CCc1nc(N2CC[C@H]3C[C@@H](N4CCOCC4)CC[C@]3(COC)C2)no1. The van der Waals surface area contributed by atoms with Crippen molar-refractivity contribution in [3.63, 3.8) is 0 Å². The molecule has 7 heteroatoms. The highest BCUT2D eigenvalue weighted by molar-refractivity contribution is 5.30. The summed E-state index contributed by atoms with van der Waals surface area (Å²) >= 11 is 0. The first-order chi connectivity index (χ1) is 12.7. The molecule has 0 unspecified atom stereocenters. The van der Waals surface area contributed by atoms with Gasteiger partial charge >= 0.3 is 0 Å². The molecule has 1 aliphatic carbocycles. The van der Waals surface area contributed by atoms with E-state index in [1.807, 2.05) is 14.0 Å². The third-order valence-electron chi connectivity index (χ3n) is 6.69. The third kappa shape index (κ3) is 3.49. The normalized spacial score (nSPS) is 33.2. The maximum Gasteiger partial charge on any atom is 0.266 e. The molecule has 1 saturated carbocycles. The predicted molar refractivity (Wildman–Crippen MR) is 98.3 cm³/mol. The van der Waals surface area contributed by atoms with Gasteiger partial charge in [0.1, 0.15) is 0 Å². The van der Waals surface area contributed by atoms with Crippen molar-refractivity contribution in [1.29, 1.82) is 0 Å². The van der Waals surface area contributed by atoms with Crippen molar-refractivity contribution < 1.29 is 14.0 Å². The van der Waals surface area contributed by atoms with Crippen LogP contribution in [0.15, 0.2) is 4.52 Å². The van der Waals surface area contributed by atoms with Gasteiger partial charge in [0.05, 0.1) is 19.8 Å². The van der Waals surface area contributed by atoms with Gasteiger partial charge in [-0.1, -0.05) is 6.92 Å². The Morgan fingerprint density at radius 2 is 2.08 bits per heavy atom. The number of fused-ring (bicyclic) bond motifs is 1. The third-order valence-corrected chi connectivity index (χ3v) is 6.69. The number of anilines is 1. The smallest absolute Gasteiger partial charge is 0.266 e. The quantitative estimate of drug-likeness (QED) is 0.791. The summed E-state index contributed by atoms with van der Waals surface area (Å²) in [5, 5.41) is 4.20. The molecule has 1 aromatic heterocycles. The second-order valence-electron chi connectivity index (χ2n) is 8.12. The predicted octanol–water partition coefficient (Wildman–Crippen LogP) is 1.98. The van der Waals surface area contributed by atoms with E-state index in [1.54, 1.807) is 0 Å². The standard InChI is InChI=1S/C19H32N4O3/c1-3-17-20-18(21-26-17)23-7-5-15-12-16(22-8-10-25-11-9-22)4-6-19(15,13-23)14-24-2/h15-16H,3-14H2,1-2H3/t15-,16-,19+/m0/s1. The molecule has 0 aromatic carbocycles. The number of nitrogens with zero attached hydrogens (tertiary/aromatic N) is 4. The van der Waals surface area contributed by atoms with Crippen LogP contribution in [0.25, 0.3) is 0 Å². The molecule has 0 radical (unpaired) electrons. The number of aromatic nitrogens is 2. The Kier molecular flexibility index (Phi) is 5.47. The van der Waals surface area contributed by atoms with Crippen LogP contribution in [0.1, 0.15) is 38.5 Å². The van der Waals surface area contributed by atoms with Gasteiger partial charge < -0.3 is 18.9 Å². The Balaban J connectivity index is 1.47. The summed E-state index contributed by atoms with van der Waals surface area (Å²) in [5.41, 5.74) is 0.211. The Bertz CT molecular complexity index is 589. The van der Waals surface area contributed by atoms with Gasteiger partial charge in [0.15, 0.2) is 0 Å². The Morgan fingerprint density at radius 1 is 1.23 bits per heavy atom. The van der Waals surface area contributed by atoms with Crippen molar-refractivity contribution in [2.75, 3.05) is 58.0 Å². The molecule has 3 heterocycles. The van der Waals surface area contributed by atoms with E-state index in [-0.39, 0.29) is 5.41 Å². The number of piperidine rings is 1. The van der Waals surface area contributed by atoms with Crippen molar-refractivity contribution in [1.82, 2.24) is 15.0 Å². The molecular formula is C19H32N4O3. The molecule has 0 spiro atoms. The van der Waals surface area contributed by atoms with E-state index in [0.717, 1.165) is 64.3 Å². The first-order valence-electron chi connectivity index (χ1n) is 10.1. The minimum Gasteiger partial charge on any atom is -0.384 e. The number of methoxy groups -OCH3 is 1. The lowest BCUT2D eigenvalue weighted by Gasteiger charge is -2.53. The van der Waals surface area contributed by atoms with Crippen molar-refractivity contribution in [2.45, 2.75) is 45.1 Å². The summed E-state index contributed by atoms with van der Waals surface area (Å²) < 4.78 is 16.6. The van der Waals surface area contributed by atoms with E-state index in [0.29, 0.717) is 12.0 Å². The lowest BCUT2D eigenvalue weighted by molar-refractivity contribution is -0.0541. The number of ether oxygens (including phenoxy) is 2. The van der Waals surface area contributed by atoms with Crippen LogP contribution in [0.3, 0.4) is 0 Å². The van der Waals surface area contributed by atoms with Crippen LogP contribution in [0, 0.1) is 11.3 Å². The molecule has 0 bridgehead atoms. The minimum atomic E-state index is 0.211. The molecule has 4 rings (SSSR count). The molecule has 3 aliphatic rings. The van der Waals surface area contributed by atoms with Gasteiger partial charge in [0.2, 0.25) is 5.89 Å². The molecular weight excluding hydrogens is 332 g/mol. The topological polar surface area (TPSA) is 63.9 Å². The number of hydrogen-bond acceptors (Lipinski definition) is 7. The monoisotopic (exact) mass is 364 g/mol. The average molecular weight is 364 g/mol. The van der Waals surface area contributed by atoms with Gasteiger partial charge in [-0.05, 0) is 36.8 Å². The highest BCUT2D eigenvalue weighted by Crippen LogP contribution is 2.48. The van der Waals surface area contributed by atoms with Crippen molar-refractivity contribution in [2.24, 2.45) is 11.3 Å². The molecule has 2 aliphatic heterocycles. The van der Waals surface area contributed by atoms with Crippen molar-refractivity contribution in [3.05, 3.63) is 5.89 Å². The molecule has 2 saturated heterocycles. The first kappa shape index (κ1) is 18.2. The van der Waals surface area contributed by atoms with Gasteiger partial charge in [-0.25, -0.2) is 0 Å². The number of rotatable bonds is 5. The van der Waals surface area contributed by atoms with Crippen LogP contribution in [0.4, 0.5) is 5.95 Å². The average Bonchev–Trinajstić information content (AvgIpc) is 3.17. The van der Waals surface area contributed by atoms with E-state index in [9.17, 15) is 0 Å². The van der Waals surface area contributed by atoms with E-state index in [2.05, 4.69) is 19.9 Å². The maximum atomic E-state index is 5.71. The van der Waals surface area contributed by atoms with E-state index >= 15 is 0 Å². The van der Waals surface area contributed by atoms with Gasteiger partial charge in [-0.3, -0.25) is 4.90 Å². The Labute approximate surface area is 156 Å². The molecule has 0 N–H and O–H groups in total. The molecule has 1 aromatic rings. The van der Waals surface area contributed by atoms with E-state index in [1.165, 1.54) is 25.7 Å². The molecule has 3 atom stereocenters. The second-order valence-corrected chi connectivity index (χ2v) is 8.12. The molecule has 26 heavy (non-hydrogen) atoms. The summed E-state index contributed by atoms with van der Waals surface area (Å²) in [6.45, 7) is 8.79. The summed E-state index contributed by atoms with van der Waals surface area (Å²) in [7, 11) is 1.84. The summed E-state index contributed by atoms with van der Waals surface area (Å²) in [6.07, 6.45) is 5.71. The lowest BCUT2D eigenvalue weighted by Crippen LogP contribution is -2.57. The number of hydrogen-bond donors (Lipinski definition) is 0. The second kappa shape index (κ2) is 7.82. The van der Waals surface area contributed by atoms with Crippen LogP contribution < -0.4 is 4.90 Å². The molecule has 0 amide bonds. The zero-order valence-corrected chi connectivity index (χ0v) is 16.2. The fraction of sp³-hybridized carbons (Fsp3) is 0.895. The zero-order chi connectivity index (χ0) is 18.0. The van der Waals surface area contributed by atoms with Crippen LogP contribution in [0.2, 0.25) is 0 Å². The zero-order valence-electron chi connectivity index (χ0n) is 16.2. The van der Waals surface area contributed by atoms with Gasteiger partial charge in [-0.15, -0.1) is 0 Å². The Morgan fingerprint density at radius 3 is 2.81 bits per heavy atom. The van der Waals surface area contributed by atoms with Crippen LogP contribution in [0.5, 0.6) is 0 Å².